The molecule has 0 N–H and O–H groups in total. The molecule has 0 fully saturated rings. The average Bonchev–Trinajstić information content (AvgIpc) is 2.91. The van der Waals surface area contributed by atoms with Crippen LogP contribution in [0.15, 0.2) is 72.8 Å². The van der Waals surface area contributed by atoms with E-state index in [4.69, 9.17) is 26.6 Å². The standard InChI is InChI=1S/C35H54O7Si4/c1-35(2,29-19-23-31(37-3)24-20-29)30-21-25-32(26-22-30)38-34(36)39-33-18-14-13-16-28(33)17-15-27-46(12,41-44(7,8)9)42-45(10,11)40-43(4,5)6/h13-14,16,18-26H,15,17,27H2,1-12H3. The van der Waals surface area contributed by atoms with E-state index < -0.39 is 39.9 Å². The van der Waals surface area contributed by atoms with Crippen molar-refractivity contribution < 1.29 is 31.4 Å². The lowest BCUT2D eigenvalue weighted by molar-refractivity contribution is 0.151. The van der Waals surface area contributed by atoms with E-state index in [1.807, 2.05) is 42.5 Å². The minimum atomic E-state index is -2.54. The number of para-hydroxylation sites is 1. The first-order valence-corrected chi connectivity index (χ1v) is 28.2. The third-order valence-electron chi connectivity index (χ3n) is 7.37. The van der Waals surface area contributed by atoms with Gasteiger partial charge in [-0.15, -0.1) is 0 Å². The number of carbonyl (C=O) groups excluding carboxylic acids is 1. The van der Waals surface area contributed by atoms with E-state index in [9.17, 15) is 4.79 Å². The van der Waals surface area contributed by atoms with E-state index in [1.54, 1.807) is 25.3 Å². The minimum Gasteiger partial charge on any atom is -0.497 e. The topological polar surface area (TPSA) is 72.5 Å². The smallest absolute Gasteiger partial charge is 0.497 e. The number of benzene rings is 3. The highest BCUT2D eigenvalue weighted by atomic mass is 28.5. The highest BCUT2D eigenvalue weighted by molar-refractivity contribution is 6.89. The van der Waals surface area contributed by atoms with E-state index in [0.717, 1.165) is 41.3 Å². The van der Waals surface area contributed by atoms with Crippen molar-refractivity contribution in [3.8, 4) is 17.2 Å². The molecule has 0 saturated carbocycles. The molecule has 252 valence electrons. The zero-order valence-corrected chi connectivity index (χ0v) is 33.9. The van der Waals surface area contributed by atoms with Gasteiger partial charge in [0.05, 0.1) is 7.11 Å². The molecule has 0 aromatic heterocycles. The van der Waals surface area contributed by atoms with Crippen LogP contribution in [0.2, 0.25) is 65.0 Å². The van der Waals surface area contributed by atoms with Gasteiger partial charge in [-0.2, -0.15) is 0 Å². The van der Waals surface area contributed by atoms with Gasteiger partial charge in [0.1, 0.15) is 17.2 Å². The first-order valence-electron chi connectivity index (χ1n) is 16.0. The molecule has 0 amide bonds. The number of hydrogen-bond acceptors (Lipinski definition) is 7. The second-order valence-corrected chi connectivity index (χ2v) is 31.3. The molecular weight excluding hydrogens is 645 g/mol. The van der Waals surface area contributed by atoms with Crippen LogP contribution < -0.4 is 14.2 Å². The van der Waals surface area contributed by atoms with Crippen molar-refractivity contribution >= 4 is 39.9 Å². The Labute approximate surface area is 281 Å². The predicted molar refractivity (Wildman–Crippen MR) is 197 cm³/mol. The molecule has 0 heterocycles. The van der Waals surface area contributed by atoms with Gasteiger partial charge in [-0.25, -0.2) is 4.79 Å². The summed E-state index contributed by atoms with van der Waals surface area (Å²) in [6, 6.07) is 24.1. The Morgan fingerprint density at radius 1 is 0.652 bits per heavy atom. The van der Waals surface area contributed by atoms with E-state index in [-0.39, 0.29) is 5.41 Å². The van der Waals surface area contributed by atoms with Crippen LogP contribution in [0.3, 0.4) is 0 Å². The summed E-state index contributed by atoms with van der Waals surface area (Å²) in [5.41, 5.74) is 2.95. The molecule has 7 nitrogen and oxygen atoms in total. The summed E-state index contributed by atoms with van der Waals surface area (Å²) in [5, 5.41) is 0. The highest BCUT2D eigenvalue weighted by Gasteiger charge is 2.44. The van der Waals surface area contributed by atoms with Crippen LogP contribution in [0.4, 0.5) is 4.79 Å². The maximum absolute atomic E-state index is 12.9. The molecule has 0 aliphatic heterocycles. The lowest BCUT2D eigenvalue weighted by Gasteiger charge is -2.41. The van der Waals surface area contributed by atoms with E-state index in [0.29, 0.717) is 11.5 Å². The van der Waals surface area contributed by atoms with E-state index in [1.165, 1.54) is 0 Å². The summed E-state index contributed by atoms with van der Waals surface area (Å²) >= 11 is 0. The van der Waals surface area contributed by atoms with Gasteiger partial charge in [0.15, 0.2) is 16.6 Å². The monoisotopic (exact) mass is 698 g/mol. The molecule has 3 aromatic carbocycles. The first-order chi connectivity index (χ1) is 21.2. The molecule has 11 heteroatoms. The molecule has 1 atom stereocenters. The van der Waals surface area contributed by atoms with Gasteiger partial charge in [-0.05, 0) is 125 Å². The number of methoxy groups -OCH3 is 1. The SMILES string of the molecule is COc1ccc(C(C)(C)c2ccc(OC(=O)Oc3ccccc3CCC[Si](C)(O[Si](C)(C)C)O[Si](C)(C)O[Si](C)(C)C)cc2)cc1. The molecule has 1 unspecified atom stereocenters. The largest absolute Gasteiger partial charge is 0.519 e. The van der Waals surface area contributed by atoms with Crippen molar-refractivity contribution in [1.29, 1.82) is 0 Å². The fourth-order valence-corrected chi connectivity index (χ4v) is 23.7. The minimum absolute atomic E-state index is 0.242. The quantitative estimate of drug-likeness (QED) is 0.0889. The van der Waals surface area contributed by atoms with Gasteiger partial charge in [0, 0.05) is 5.41 Å². The second-order valence-electron chi connectivity index (χ2n) is 14.9. The van der Waals surface area contributed by atoms with E-state index >= 15 is 0 Å². The Balaban J connectivity index is 1.64. The van der Waals surface area contributed by atoms with Crippen molar-refractivity contribution in [3.63, 3.8) is 0 Å². The van der Waals surface area contributed by atoms with Crippen molar-refractivity contribution in [2.24, 2.45) is 0 Å². The molecule has 0 aliphatic carbocycles. The first kappa shape index (κ1) is 37.9. The zero-order valence-electron chi connectivity index (χ0n) is 29.9. The Hall–Kier alpha value is -2.52. The fraction of sp³-hybridized carbons (Fsp3) is 0.457. The molecule has 0 spiro atoms. The summed E-state index contributed by atoms with van der Waals surface area (Å²) in [6.45, 7) is 24.0. The second kappa shape index (κ2) is 15.1. The Morgan fingerprint density at radius 3 is 1.70 bits per heavy atom. The van der Waals surface area contributed by atoms with Crippen LogP contribution in [0.25, 0.3) is 0 Å². The summed E-state index contributed by atoms with van der Waals surface area (Å²) in [7, 11) is -6.88. The van der Waals surface area contributed by atoms with Gasteiger partial charge in [-0.1, -0.05) is 56.3 Å². The molecule has 0 aliphatic rings. The van der Waals surface area contributed by atoms with Crippen molar-refractivity contribution in [3.05, 3.63) is 89.5 Å². The molecular formula is C35H54O7Si4. The maximum Gasteiger partial charge on any atom is 0.519 e. The zero-order chi connectivity index (χ0) is 34.4. The van der Waals surface area contributed by atoms with Crippen LogP contribution in [0, 0.1) is 0 Å². The van der Waals surface area contributed by atoms with E-state index in [2.05, 4.69) is 84.9 Å². The normalized spacial score (nSPS) is 14.0. The Morgan fingerprint density at radius 2 is 1.17 bits per heavy atom. The van der Waals surface area contributed by atoms with Crippen LogP contribution in [-0.4, -0.2) is 47.0 Å². The van der Waals surface area contributed by atoms with Crippen molar-refractivity contribution in [2.45, 2.75) is 97.1 Å². The van der Waals surface area contributed by atoms with Crippen LogP contribution >= 0.6 is 0 Å². The van der Waals surface area contributed by atoms with Crippen molar-refractivity contribution in [2.75, 3.05) is 7.11 Å². The summed E-state index contributed by atoms with van der Waals surface area (Å²) < 4.78 is 36.7. The molecule has 46 heavy (non-hydrogen) atoms. The van der Waals surface area contributed by atoms with Gasteiger partial charge < -0.3 is 26.6 Å². The highest BCUT2D eigenvalue weighted by Crippen LogP contribution is 2.34. The summed E-state index contributed by atoms with van der Waals surface area (Å²) in [5.74, 6) is 1.74. The van der Waals surface area contributed by atoms with Gasteiger partial charge in [-0.3, -0.25) is 0 Å². The molecule has 3 rings (SSSR count). The van der Waals surface area contributed by atoms with Crippen LogP contribution in [-0.2, 0) is 24.2 Å². The molecule has 3 aromatic rings. The van der Waals surface area contributed by atoms with Gasteiger partial charge in [0.25, 0.3) is 0 Å². The number of hydrogen-bond donors (Lipinski definition) is 0. The van der Waals surface area contributed by atoms with Crippen LogP contribution in [0.5, 0.6) is 17.2 Å². The third-order valence-corrected chi connectivity index (χ3v) is 20.9. The number of rotatable bonds is 15. The molecule has 0 radical (unpaired) electrons. The third kappa shape index (κ3) is 11.9. The lowest BCUT2D eigenvalue weighted by atomic mass is 9.78. The number of carbonyl (C=O) groups is 1. The van der Waals surface area contributed by atoms with Crippen LogP contribution in [0.1, 0.15) is 37.0 Å². The predicted octanol–water partition coefficient (Wildman–Crippen LogP) is 10.0. The number of aryl methyl sites for hydroxylation is 1. The Bertz CT molecular complexity index is 1430. The molecule has 0 bridgehead atoms. The lowest BCUT2D eigenvalue weighted by Crippen LogP contribution is -2.56. The fourth-order valence-electron chi connectivity index (χ4n) is 5.78. The summed E-state index contributed by atoms with van der Waals surface area (Å²) in [6.07, 6.45) is 0.789. The Kier molecular flexibility index (Phi) is 12.5. The number of ether oxygens (including phenoxy) is 3. The summed E-state index contributed by atoms with van der Waals surface area (Å²) in [4.78, 5) is 12.9. The van der Waals surface area contributed by atoms with Gasteiger partial charge >= 0.3 is 23.3 Å². The molecule has 0 saturated heterocycles. The maximum atomic E-state index is 12.9. The van der Waals surface area contributed by atoms with Crippen molar-refractivity contribution in [1.82, 2.24) is 0 Å². The average molecular weight is 699 g/mol. The van der Waals surface area contributed by atoms with Gasteiger partial charge in [0.2, 0.25) is 0 Å².